The van der Waals surface area contributed by atoms with E-state index in [2.05, 4.69) is 15.0 Å². The molecule has 158 valence electrons. The van der Waals surface area contributed by atoms with Crippen molar-refractivity contribution in [1.82, 2.24) is 19.5 Å². The molecular formula is C18H20N5O6P. The highest BCUT2D eigenvalue weighted by Crippen LogP contribution is 2.55. The van der Waals surface area contributed by atoms with Gasteiger partial charge in [-0.05, 0) is 25.3 Å². The second-order valence-electron chi connectivity index (χ2n) is 7.24. The number of nitrogens with one attached hydrogen (secondary N) is 1. The number of nitrogen functional groups attached to an aromatic ring is 1. The molecule has 0 aliphatic carbocycles. The Bertz CT molecular complexity index is 1220. The molecule has 3 atom stereocenters. The van der Waals surface area contributed by atoms with Gasteiger partial charge in [0, 0.05) is 5.56 Å². The molecule has 2 aliphatic heterocycles. The Morgan fingerprint density at radius 1 is 1.40 bits per heavy atom. The minimum absolute atomic E-state index is 0.00685. The Morgan fingerprint density at radius 2 is 2.27 bits per heavy atom. The van der Waals surface area contributed by atoms with Crippen LogP contribution in [-0.4, -0.2) is 32.2 Å². The van der Waals surface area contributed by atoms with E-state index in [1.165, 1.54) is 6.33 Å². The molecule has 0 spiro atoms. The summed E-state index contributed by atoms with van der Waals surface area (Å²) < 4.78 is 37.0. The lowest BCUT2D eigenvalue weighted by Gasteiger charge is -2.26. The zero-order valence-corrected chi connectivity index (χ0v) is 17.0. The molecule has 5 rings (SSSR count). The molecule has 0 bridgehead atoms. The van der Waals surface area contributed by atoms with Gasteiger partial charge in [0.1, 0.15) is 12.0 Å². The molecule has 12 heteroatoms. The van der Waals surface area contributed by atoms with E-state index in [1.54, 1.807) is 4.57 Å². The van der Waals surface area contributed by atoms with Gasteiger partial charge < -0.3 is 15.0 Å². The summed E-state index contributed by atoms with van der Waals surface area (Å²) in [6.07, 6.45) is 2.06. The standard InChI is InChI=1S/C18H20N5O6P/c1-10-3-2-4-11-7-26-30(25,29-15(10)11)27-8-12-5-6-13(28-12)23-9-20-14-16(23)21-18(19)22-17(14)24/h2-4,9,12-13H,5-8H2,1H3,(H3,19,21,22,24)/t12-,13+,30?/m0/s1. The third kappa shape index (κ3) is 3.39. The molecular weight excluding hydrogens is 413 g/mol. The number of H-pyrrole nitrogens is 1. The van der Waals surface area contributed by atoms with Crippen molar-refractivity contribution in [1.29, 1.82) is 0 Å². The molecule has 2 aromatic heterocycles. The van der Waals surface area contributed by atoms with E-state index in [9.17, 15) is 9.36 Å². The molecule has 0 amide bonds. The van der Waals surface area contributed by atoms with Crippen LogP contribution in [0.5, 0.6) is 5.75 Å². The zero-order chi connectivity index (χ0) is 20.9. The first-order valence-electron chi connectivity index (χ1n) is 9.47. The van der Waals surface area contributed by atoms with Gasteiger partial charge >= 0.3 is 7.82 Å². The van der Waals surface area contributed by atoms with Crippen LogP contribution in [0.1, 0.15) is 30.2 Å². The second-order valence-corrected chi connectivity index (χ2v) is 8.83. The predicted molar refractivity (Wildman–Crippen MR) is 106 cm³/mol. The summed E-state index contributed by atoms with van der Waals surface area (Å²) in [5, 5.41) is 0. The van der Waals surface area contributed by atoms with Crippen molar-refractivity contribution in [2.45, 2.75) is 38.7 Å². The van der Waals surface area contributed by atoms with E-state index in [0.29, 0.717) is 24.2 Å². The summed E-state index contributed by atoms with van der Waals surface area (Å²) in [5.41, 5.74) is 7.47. The third-order valence-corrected chi connectivity index (χ3v) is 6.46. The molecule has 4 heterocycles. The molecule has 1 fully saturated rings. The van der Waals surface area contributed by atoms with Crippen LogP contribution in [-0.2, 0) is 25.0 Å². The van der Waals surface area contributed by atoms with Crippen molar-refractivity contribution < 1.29 is 22.9 Å². The first-order valence-corrected chi connectivity index (χ1v) is 10.9. The van der Waals surface area contributed by atoms with Crippen molar-refractivity contribution in [2.75, 3.05) is 12.3 Å². The summed E-state index contributed by atoms with van der Waals surface area (Å²) in [6, 6.07) is 5.62. The molecule has 1 saturated heterocycles. The summed E-state index contributed by atoms with van der Waals surface area (Å²) in [7, 11) is -3.73. The smallest absolute Gasteiger partial charge is 0.403 e. The normalized spacial score (nSPS) is 25.9. The number of hydrogen-bond acceptors (Lipinski definition) is 9. The number of fused-ring (bicyclic) bond motifs is 2. The van der Waals surface area contributed by atoms with Gasteiger partial charge in [-0.3, -0.25) is 23.4 Å². The van der Waals surface area contributed by atoms with Crippen molar-refractivity contribution in [3.05, 3.63) is 46.0 Å². The lowest BCUT2D eigenvalue weighted by atomic mass is 10.1. The van der Waals surface area contributed by atoms with Crippen LogP contribution in [0, 0.1) is 6.92 Å². The number of phosphoric ester groups is 1. The fourth-order valence-corrected chi connectivity index (χ4v) is 4.96. The number of phosphoric acid groups is 1. The molecule has 0 saturated carbocycles. The summed E-state index contributed by atoms with van der Waals surface area (Å²) >= 11 is 0. The van der Waals surface area contributed by atoms with E-state index >= 15 is 0 Å². The van der Waals surface area contributed by atoms with E-state index in [1.807, 2.05) is 25.1 Å². The Kier molecular flexibility index (Phi) is 4.62. The molecule has 11 nitrogen and oxygen atoms in total. The minimum Gasteiger partial charge on any atom is -0.403 e. The van der Waals surface area contributed by atoms with Gasteiger partial charge in [0.25, 0.3) is 5.56 Å². The maximum Gasteiger partial charge on any atom is 0.530 e. The number of hydrogen-bond donors (Lipinski definition) is 2. The van der Waals surface area contributed by atoms with Crippen LogP contribution in [0.4, 0.5) is 5.95 Å². The number of ether oxygens (including phenoxy) is 1. The maximum atomic E-state index is 12.9. The number of aromatic nitrogens is 4. The number of imidazole rings is 1. The molecule has 1 aromatic carbocycles. The molecule has 3 aromatic rings. The molecule has 3 N–H and O–H groups in total. The van der Waals surface area contributed by atoms with E-state index in [-0.39, 0.29) is 30.8 Å². The van der Waals surface area contributed by atoms with Gasteiger partial charge in [-0.1, -0.05) is 18.2 Å². The molecule has 1 unspecified atom stereocenters. The Labute approximate surface area is 170 Å². The number of benzene rings is 1. The van der Waals surface area contributed by atoms with Crippen LogP contribution in [0.25, 0.3) is 11.2 Å². The highest BCUT2D eigenvalue weighted by molar-refractivity contribution is 7.49. The quantitative estimate of drug-likeness (QED) is 0.593. The average Bonchev–Trinajstić information content (AvgIpc) is 3.34. The second kappa shape index (κ2) is 7.21. The number of nitrogens with two attached hydrogens (primary N) is 1. The number of aromatic amines is 1. The first kappa shape index (κ1) is 19.3. The summed E-state index contributed by atoms with van der Waals surface area (Å²) in [6.45, 7) is 2.07. The van der Waals surface area contributed by atoms with Gasteiger partial charge in [-0.25, -0.2) is 9.55 Å². The molecule has 2 aliphatic rings. The molecule has 0 radical (unpaired) electrons. The van der Waals surface area contributed by atoms with E-state index in [0.717, 1.165) is 11.1 Å². The number of nitrogens with zero attached hydrogens (tertiary/aromatic N) is 3. The van der Waals surface area contributed by atoms with Crippen molar-refractivity contribution in [3.8, 4) is 5.75 Å². The van der Waals surface area contributed by atoms with Crippen molar-refractivity contribution in [3.63, 3.8) is 0 Å². The van der Waals surface area contributed by atoms with Gasteiger partial charge in [0.05, 0.1) is 25.6 Å². The number of rotatable bonds is 4. The highest BCUT2D eigenvalue weighted by Gasteiger charge is 2.37. The largest absolute Gasteiger partial charge is 0.530 e. The predicted octanol–water partition coefficient (Wildman–Crippen LogP) is 2.42. The van der Waals surface area contributed by atoms with Gasteiger partial charge in [0.2, 0.25) is 5.95 Å². The highest BCUT2D eigenvalue weighted by atomic mass is 31.2. The Balaban J connectivity index is 1.26. The first-order chi connectivity index (χ1) is 14.4. The summed E-state index contributed by atoms with van der Waals surface area (Å²) in [4.78, 5) is 22.6. The zero-order valence-electron chi connectivity index (χ0n) is 16.1. The van der Waals surface area contributed by atoms with Crippen molar-refractivity contribution in [2.24, 2.45) is 0 Å². The van der Waals surface area contributed by atoms with Crippen LogP contribution in [0.3, 0.4) is 0 Å². The van der Waals surface area contributed by atoms with E-state index < -0.39 is 19.6 Å². The Morgan fingerprint density at radius 3 is 3.13 bits per heavy atom. The topological polar surface area (TPSA) is 144 Å². The van der Waals surface area contributed by atoms with Crippen LogP contribution < -0.4 is 15.8 Å². The van der Waals surface area contributed by atoms with Gasteiger partial charge in [-0.15, -0.1) is 0 Å². The fraction of sp³-hybridized carbons (Fsp3) is 0.389. The average molecular weight is 433 g/mol. The summed E-state index contributed by atoms with van der Waals surface area (Å²) in [5.74, 6) is 0.545. The maximum absolute atomic E-state index is 12.9. The van der Waals surface area contributed by atoms with Gasteiger partial charge in [-0.2, -0.15) is 4.98 Å². The van der Waals surface area contributed by atoms with Crippen LogP contribution in [0.15, 0.2) is 29.3 Å². The molecule has 30 heavy (non-hydrogen) atoms. The Hall–Kier alpha value is -2.72. The fourth-order valence-electron chi connectivity index (χ4n) is 3.65. The van der Waals surface area contributed by atoms with E-state index in [4.69, 9.17) is 24.0 Å². The number of anilines is 1. The third-order valence-electron chi connectivity index (χ3n) is 5.14. The lowest BCUT2D eigenvalue weighted by molar-refractivity contribution is -0.0227. The SMILES string of the molecule is Cc1cccc2c1OP(=O)(OC[C@@H]1CC[C@H](n3cnc4c(=O)[nH]c(N)nc43)O1)OC2. The number of para-hydroxylation sites is 1. The van der Waals surface area contributed by atoms with Crippen LogP contribution >= 0.6 is 7.82 Å². The number of aryl methyl sites for hydroxylation is 1. The monoisotopic (exact) mass is 433 g/mol. The van der Waals surface area contributed by atoms with Crippen molar-refractivity contribution >= 4 is 24.9 Å². The van der Waals surface area contributed by atoms with Crippen LogP contribution in [0.2, 0.25) is 0 Å². The van der Waals surface area contributed by atoms with Gasteiger partial charge in [0.15, 0.2) is 11.2 Å². The minimum atomic E-state index is -3.73. The lowest BCUT2D eigenvalue weighted by Crippen LogP contribution is -2.19.